The fraction of sp³-hybridized carbons (Fsp3) is 0.545. The monoisotopic (exact) mass is 257 g/mol. The molecule has 3 N–H and O–H groups in total. The smallest absolute Gasteiger partial charge is 0.189 e. The molecular formula is C11H16ClN3S. The van der Waals surface area contributed by atoms with Crippen molar-refractivity contribution in [2.75, 3.05) is 0 Å². The van der Waals surface area contributed by atoms with Crippen LogP contribution in [0.25, 0.3) is 0 Å². The second kappa shape index (κ2) is 5.55. The van der Waals surface area contributed by atoms with E-state index in [0.717, 1.165) is 9.21 Å². The predicted octanol–water partition coefficient (Wildman–Crippen LogP) is 2.75. The zero-order valence-corrected chi connectivity index (χ0v) is 10.7. The molecule has 0 radical (unpaired) electrons. The molecule has 0 aromatic carbocycles. The van der Waals surface area contributed by atoms with Crippen LogP contribution < -0.4 is 11.1 Å². The van der Waals surface area contributed by atoms with E-state index >= 15 is 0 Å². The largest absolute Gasteiger partial charge is 0.370 e. The number of nitrogens with one attached hydrogen (secondary N) is 1. The van der Waals surface area contributed by atoms with Crippen LogP contribution in [0.5, 0.6) is 0 Å². The lowest BCUT2D eigenvalue weighted by Crippen LogP contribution is -2.38. The summed E-state index contributed by atoms with van der Waals surface area (Å²) < 4.78 is 0.799. The standard InChI is InChI=1S/C11H16ClN3S/c12-10-6-5-9(16-10)7-14-11(13)15-8-3-1-2-4-8/h5-6,8H,1-4,7H2,(H3,13,14,15). The Balaban J connectivity index is 1.81. The first-order valence-electron chi connectivity index (χ1n) is 5.55. The average Bonchev–Trinajstić information content (AvgIpc) is 2.87. The maximum atomic E-state index is 5.84. The van der Waals surface area contributed by atoms with E-state index in [1.165, 1.54) is 25.7 Å². The summed E-state index contributed by atoms with van der Waals surface area (Å²) in [7, 11) is 0. The Morgan fingerprint density at radius 3 is 2.88 bits per heavy atom. The van der Waals surface area contributed by atoms with Crippen LogP contribution in [-0.4, -0.2) is 12.0 Å². The molecule has 1 aromatic rings. The summed E-state index contributed by atoms with van der Waals surface area (Å²) in [6.07, 6.45) is 5.01. The Morgan fingerprint density at radius 2 is 2.25 bits per heavy atom. The fourth-order valence-corrected chi connectivity index (χ4v) is 2.94. The van der Waals surface area contributed by atoms with Gasteiger partial charge in [-0.15, -0.1) is 11.3 Å². The summed E-state index contributed by atoms with van der Waals surface area (Å²) in [6, 6.07) is 4.40. The molecule has 5 heteroatoms. The zero-order chi connectivity index (χ0) is 11.4. The van der Waals surface area contributed by atoms with Crippen molar-refractivity contribution in [3.63, 3.8) is 0 Å². The van der Waals surface area contributed by atoms with Crippen molar-refractivity contribution < 1.29 is 0 Å². The van der Waals surface area contributed by atoms with Crippen LogP contribution in [0.15, 0.2) is 17.1 Å². The van der Waals surface area contributed by atoms with E-state index in [-0.39, 0.29) is 0 Å². The lowest BCUT2D eigenvalue weighted by atomic mass is 10.2. The molecule has 1 saturated carbocycles. The zero-order valence-electron chi connectivity index (χ0n) is 9.08. The molecule has 0 bridgehead atoms. The van der Waals surface area contributed by atoms with Gasteiger partial charge in [-0.05, 0) is 25.0 Å². The first-order valence-corrected chi connectivity index (χ1v) is 6.74. The molecule has 1 heterocycles. The highest BCUT2D eigenvalue weighted by Crippen LogP contribution is 2.22. The normalized spacial score (nSPS) is 17.9. The summed E-state index contributed by atoms with van der Waals surface area (Å²) in [4.78, 5) is 5.45. The van der Waals surface area contributed by atoms with Crippen LogP contribution in [0.4, 0.5) is 0 Å². The van der Waals surface area contributed by atoms with Gasteiger partial charge in [-0.25, -0.2) is 4.99 Å². The average molecular weight is 258 g/mol. The number of thiophene rings is 1. The maximum absolute atomic E-state index is 5.84. The summed E-state index contributed by atoms with van der Waals surface area (Å²) in [5.74, 6) is 0.552. The van der Waals surface area contributed by atoms with Crippen molar-refractivity contribution in [1.82, 2.24) is 5.32 Å². The predicted molar refractivity (Wildman–Crippen MR) is 70.0 cm³/mol. The second-order valence-corrected chi connectivity index (χ2v) is 5.83. The van der Waals surface area contributed by atoms with Crippen molar-refractivity contribution >= 4 is 28.9 Å². The quantitative estimate of drug-likeness (QED) is 0.646. The Kier molecular flexibility index (Phi) is 4.07. The van der Waals surface area contributed by atoms with Crippen LogP contribution >= 0.6 is 22.9 Å². The Bertz CT molecular complexity index is 369. The lowest BCUT2D eigenvalue weighted by molar-refractivity contribution is 0.625. The Labute approximate surface area is 105 Å². The molecule has 88 valence electrons. The van der Waals surface area contributed by atoms with Gasteiger partial charge in [0.2, 0.25) is 0 Å². The summed E-state index contributed by atoms with van der Waals surface area (Å²) in [5.41, 5.74) is 5.82. The molecule has 2 rings (SSSR count). The molecule has 1 fully saturated rings. The molecule has 0 saturated heterocycles. The molecule has 1 aliphatic rings. The van der Waals surface area contributed by atoms with E-state index in [9.17, 15) is 0 Å². The van der Waals surface area contributed by atoms with E-state index in [0.29, 0.717) is 18.5 Å². The fourth-order valence-electron chi connectivity index (χ4n) is 1.92. The Morgan fingerprint density at radius 1 is 1.50 bits per heavy atom. The van der Waals surface area contributed by atoms with E-state index in [1.807, 2.05) is 12.1 Å². The van der Waals surface area contributed by atoms with Crippen molar-refractivity contribution in [3.05, 3.63) is 21.3 Å². The van der Waals surface area contributed by atoms with Crippen molar-refractivity contribution in [1.29, 1.82) is 0 Å². The van der Waals surface area contributed by atoms with Crippen LogP contribution in [-0.2, 0) is 6.54 Å². The van der Waals surface area contributed by atoms with Crippen LogP contribution in [0.1, 0.15) is 30.6 Å². The lowest BCUT2D eigenvalue weighted by Gasteiger charge is -2.11. The summed E-state index contributed by atoms with van der Waals surface area (Å²) in [6.45, 7) is 0.614. The molecule has 1 aliphatic carbocycles. The molecule has 3 nitrogen and oxygen atoms in total. The van der Waals surface area contributed by atoms with E-state index in [1.54, 1.807) is 11.3 Å². The van der Waals surface area contributed by atoms with Gasteiger partial charge in [-0.1, -0.05) is 24.4 Å². The number of nitrogens with zero attached hydrogens (tertiary/aromatic N) is 1. The highest BCUT2D eigenvalue weighted by Gasteiger charge is 2.14. The van der Waals surface area contributed by atoms with Crippen LogP contribution in [0.2, 0.25) is 4.34 Å². The first-order chi connectivity index (χ1) is 7.74. The molecule has 16 heavy (non-hydrogen) atoms. The number of hydrogen-bond acceptors (Lipinski definition) is 2. The minimum absolute atomic E-state index is 0.524. The van der Waals surface area contributed by atoms with Gasteiger partial charge < -0.3 is 11.1 Å². The highest BCUT2D eigenvalue weighted by atomic mass is 35.5. The van der Waals surface area contributed by atoms with Crippen molar-refractivity contribution in [2.45, 2.75) is 38.3 Å². The molecular weight excluding hydrogens is 242 g/mol. The third kappa shape index (κ3) is 3.39. The molecule has 0 aliphatic heterocycles. The van der Waals surface area contributed by atoms with Crippen LogP contribution in [0, 0.1) is 0 Å². The number of hydrogen-bond donors (Lipinski definition) is 2. The van der Waals surface area contributed by atoms with Crippen molar-refractivity contribution in [2.24, 2.45) is 10.7 Å². The number of halogens is 1. The van der Waals surface area contributed by atoms with Gasteiger partial charge in [0.25, 0.3) is 0 Å². The minimum atomic E-state index is 0.524. The summed E-state index contributed by atoms with van der Waals surface area (Å²) >= 11 is 7.38. The highest BCUT2D eigenvalue weighted by molar-refractivity contribution is 7.16. The summed E-state index contributed by atoms with van der Waals surface area (Å²) in [5, 5.41) is 3.26. The minimum Gasteiger partial charge on any atom is -0.370 e. The van der Waals surface area contributed by atoms with Gasteiger partial charge in [-0.3, -0.25) is 0 Å². The number of nitrogens with two attached hydrogens (primary N) is 1. The van der Waals surface area contributed by atoms with Gasteiger partial charge in [-0.2, -0.15) is 0 Å². The van der Waals surface area contributed by atoms with Gasteiger partial charge >= 0.3 is 0 Å². The topological polar surface area (TPSA) is 50.4 Å². The molecule has 0 atom stereocenters. The molecule has 0 unspecified atom stereocenters. The molecule has 1 aromatic heterocycles. The van der Waals surface area contributed by atoms with Crippen LogP contribution in [0.3, 0.4) is 0 Å². The molecule has 0 spiro atoms. The second-order valence-electron chi connectivity index (χ2n) is 4.03. The third-order valence-electron chi connectivity index (χ3n) is 2.74. The Hall–Kier alpha value is -0.740. The molecule has 0 amide bonds. The van der Waals surface area contributed by atoms with E-state index in [4.69, 9.17) is 17.3 Å². The first kappa shape index (κ1) is 11.7. The maximum Gasteiger partial charge on any atom is 0.189 e. The van der Waals surface area contributed by atoms with Gasteiger partial charge in [0, 0.05) is 10.9 Å². The van der Waals surface area contributed by atoms with Gasteiger partial charge in [0.15, 0.2) is 5.96 Å². The number of rotatable bonds is 3. The van der Waals surface area contributed by atoms with Gasteiger partial charge in [0.05, 0.1) is 10.9 Å². The van der Waals surface area contributed by atoms with Gasteiger partial charge in [0.1, 0.15) is 0 Å². The number of aliphatic imine (C=N–C) groups is 1. The SMILES string of the molecule is NC(=NCc1ccc(Cl)s1)NC1CCCC1. The third-order valence-corrected chi connectivity index (χ3v) is 3.96. The van der Waals surface area contributed by atoms with Crippen molar-refractivity contribution in [3.8, 4) is 0 Å². The van der Waals surface area contributed by atoms with E-state index in [2.05, 4.69) is 10.3 Å². The van der Waals surface area contributed by atoms with E-state index < -0.39 is 0 Å². The number of guanidine groups is 1.